The third-order valence-corrected chi connectivity index (χ3v) is 2.06. The summed E-state index contributed by atoms with van der Waals surface area (Å²) in [5, 5.41) is 9.65. The van der Waals surface area contributed by atoms with Crippen molar-refractivity contribution in [1.29, 1.82) is 5.41 Å². The first kappa shape index (κ1) is 12.9. The highest BCUT2D eigenvalue weighted by Crippen LogP contribution is 2.03. The molecule has 82 valence electrons. The Morgan fingerprint density at radius 1 is 1.57 bits per heavy atom. The van der Waals surface area contributed by atoms with Crippen LogP contribution in [0.15, 0.2) is 0 Å². The number of hydrogen-bond acceptors (Lipinski definition) is 3. The van der Waals surface area contributed by atoms with Crippen LogP contribution in [-0.4, -0.2) is 43.3 Å². The third-order valence-electron chi connectivity index (χ3n) is 2.06. The molecule has 0 saturated heterocycles. The zero-order valence-electron chi connectivity index (χ0n) is 9.13. The Kier molecular flexibility index (Phi) is 5.87. The van der Waals surface area contributed by atoms with Crippen molar-refractivity contribution in [2.75, 3.05) is 20.6 Å². The summed E-state index contributed by atoms with van der Waals surface area (Å²) in [5.41, 5.74) is 5.12. The summed E-state index contributed by atoms with van der Waals surface area (Å²) in [6.45, 7) is 2.25. The molecule has 0 unspecified atom stereocenters. The van der Waals surface area contributed by atoms with Crippen molar-refractivity contribution in [3.05, 3.63) is 0 Å². The third kappa shape index (κ3) is 5.53. The molecule has 0 bridgehead atoms. The van der Waals surface area contributed by atoms with E-state index in [2.05, 4.69) is 5.32 Å². The Labute approximate surface area is 85.2 Å². The van der Waals surface area contributed by atoms with Gasteiger partial charge in [-0.3, -0.25) is 15.1 Å². The number of guanidine groups is 1. The lowest BCUT2D eigenvalue weighted by molar-refractivity contribution is -0.121. The van der Waals surface area contributed by atoms with E-state index < -0.39 is 0 Å². The molecule has 14 heavy (non-hydrogen) atoms. The van der Waals surface area contributed by atoms with Gasteiger partial charge in [-0.15, -0.1) is 0 Å². The number of rotatable bonds is 6. The van der Waals surface area contributed by atoms with Crippen LogP contribution in [0.5, 0.6) is 0 Å². The molecular formula is C9H20N4O. The smallest absolute Gasteiger partial charge is 0.185 e. The lowest BCUT2D eigenvalue weighted by Gasteiger charge is -2.21. The molecule has 1 atom stereocenters. The van der Waals surface area contributed by atoms with E-state index in [1.807, 2.05) is 19.0 Å². The van der Waals surface area contributed by atoms with E-state index in [4.69, 9.17) is 11.1 Å². The first-order valence-electron chi connectivity index (χ1n) is 4.70. The van der Waals surface area contributed by atoms with Gasteiger partial charge in [-0.2, -0.15) is 0 Å². The maximum absolute atomic E-state index is 11.2. The van der Waals surface area contributed by atoms with Gasteiger partial charge in [0, 0.05) is 6.54 Å². The van der Waals surface area contributed by atoms with Crippen molar-refractivity contribution < 1.29 is 4.79 Å². The minimum Gasteiger partial charge on any atom is -0.370 e. The molecule has 0 radical (unpaired) electrons. The van der Waals surface area contributed by atoms with Crippen LogP contribution < -0.4 is 11.1 Å². The summed E-state index contributed by atoms with van der Waals surface area (Å²) in [7, 11) is 3.79. The fourth-order valence-electron chi connectivity index (χ4n) is 1.34. The second-order valence-electron chi connectivity index (χ2n) is 3.57. The molecular weight excluding hydrogens is 180 g/mol. The quantitative estimate of drug-likeness (QED) is 0.314. The largest absolute Gasteiger partial charge is 0.370 e. The summed E-state index contributed by atoms with van der Waals surface area (Å²) in [6.07, 6.45) is 1.63. The van der Waals surface area contributed by atoms with Crippen molar-refractivity contribution >= 4 is 11.7 Å². The Morgan fingerprint density at radius 3 is 2.50 bits per heavy atom. The highest BCUT2D eigenvalue weighted by molar-refractivity contribution is 5.81. The van der Waals surface area contributed by atoms with Gasteiger partial charge in [-0.25, -0.2) is 0 Å². The highest BCUT2D eigenvalue weighted by Gasteiger charge is 2.15. The summed E-state index contributed by atoms with van der Waals surface area (Å²) < 4.78 is 0. The topological polar surface area (TPSA) is 82.2 Å². The van der Waals surface area contributed by atoms with Crippen molar-refractivity contribution in [1.82, 2.24) is 10.2 Å². The van der Waals surface area contributed by atoms with Gasteiger partial charge >= 0.3 is 0 Å². The first-order chi connectivity index (χ1) is 6.45. The summed E-state index contributed by atoms with van der Waals surface area (Å²) >= 11 is 0. The van der Waals surface area contributed by atoms with Gasteiger partial charge in [-0.05, 0) is 33.9 Å². The zero-order chi connectivity index (χ0) is 11.1. The normalized spacial score (nSPS) is 12.6. The van der Waals surface area contributed by atoms with Crippen molar-refractivity contribution in [2.45, 2.75) is 25.8 Å². The fourth-order valence-corrected chi connectivity index (χ4v) is 1.34. The molecule has 0 aromatic carbocycles. The van der Waals surface area contributed by atoms with Crippen LogP contribution in [0.4, 0.5) is 0 Å². The number of Topliss-reactive ketones (excluding diaryl/α,β-unsaturated/α-hetero) is 1. The van der Waals surface area contributed by atoms with Crippen LogP contribution >= 0.6 is 0 Å². The molecule has 0 rings (SSSR count). The maximum Gasteiger partial charge on any atom is 0.185 e. The van der Waals surface area contributed by atoms with Crippen molar-refractivity contribution in [3.63, 3.8) is 0 Å². The molecule has 0 amide bonds. The first-order valence-corrected chi connectivity index (χ1v) is 4.70. The average molecular weight is 200 g/mol. The van der Waals surface area contributed by atoms with Crippen LogP contribution in [0, 0.1) is 5.41 Å². The van der Waals surface area contributed by atoms with E-state index in [-0.39, 0.29) is 17.8 Å². The molecule has 0 saturated carbocycles. The summed E-state index contributed by atoms with van der Waals surface area (Å²) in [6, 6.07) is -0.0243. The number of nitrogens with zero attached hydrogens (tertiary/aromatic N) is 1. The SMILES string of the molecule is CC(=O)[C@H](CCCNC(=N)N)N(C)C. The monoisotopic (exact) mass is 200 g/mol. The van der Waals surface area contributed by atoms with E-state index >= 15 is 0 Å². The predicted octanol–water partition coefficient (Wildman–Crippen LogP) is -0.231. The molecule has 0 aliphatic rings. The summed E-state index contributed by atoms with van der Waals surface area (Å²) in [5.74, 6) is 0.159. The fraction of sp³-hybridized carbons (Fsp3) is 0.778. The van der Waals surface area contributed by atoms with Crippen LogP contribution in [-0.2, 0) is 4.79 Å². The predicted molar refractivity (Wildman–Crippen MR) is 57.3 cm³/mol. The van der Waals surface area contributed by atoms with Gasteiger partial charge < -0.3 is 11.1 Å². The highest BCUT2D eigenvalue weighted by atomic mass is 16.1. The Morgan fingerprint density at radius 2 is 2.14 bits per heavy atom. The molecule has 0 aliphatic heterocycles. The molecule has 0 aromatic rings. The van der Waals surface area contributed by atoms with Gasteiger partial charge in [-0.1, -0.05) is 0 Å². The van der Waals surface area contributed by atoms with E-state index in [1.165, 1.54) is 0 Å². The van der Waals surface area contributed by atoms with Crippen LogP contribution in [0.25, 0.3) is 0 Å². The molecule has 5 nitrogen and oxygen atoms in total. The van der Waals surface area contributed by atoms with E-state index in [0.717, 1.165) is 12.8 Å². The second-order valence-corrected chi connectivity index (χ2v) is 3.57. The Hall–Kier alpha value is -1.10. The van der Waals surface area contributed by atoms with Crippen molar-refractivity contribution in [3.8, 4) is 0 Å². The molecule has 5 heteroatoms. The number of carbonyl (C=O) groups is 1. The number of nitrogens with two attached hydrogens (primary N) is 1. The van der Waals surface area contributed by atoms with Crippen LogP contribution in [0.2, 0.25) is 0 Å². The van der Waals surface area contributed by atoms with Crippen molar-refractivity contribution in [2.24, 2.45) is 5.73 Å². The number of nitrogens with one attached hydrogen (secondary N) is 2. The van der Waals surface area contributed by atoms with Gasteiger partial charge in [0.25, 0.3) is 0 Å². The van der Waals surface area contributed by atoms with Crippen LogP contribution in [0.1, 0.15) is 19.8 Å². The van der Waals surface area contributed by atoms with E-state index in [1.54, 1.807) is 6.92 Å². The van der Waals surface area contributed by atoms with Gasteiger partial charge in [0.05, 0.1) is 6.04 Å². The Balaban J connectivity index is 3.73. The van der Waals surface area contributed by atoms with Crippen LogP contribution in [0.3, 0.4) is 0 Å². The lowest BCUT2D eigenvalue weighted by Crippen LogP contribution is -2.36. The number of ketones is 1. The molecule has 0 aromatic heterocycles. The van der Waals surface area contributed by atoms with E-state index in [9.17, 15) is 4.79 Å². The van der Waals surface area contributed by atoms with Gasteiger partial charge in [0.1, 0.15) is 5.78 Å². The molecule has 0 spiro atoms. The standard InChI is InChI=1S/C9H20N4O/c1-7(14)8(13(2)3)5-4-6-12-9(10)11/h8H,4-6H2,1-3H3,(H4,10,11,12)/t8-/m0/s1. The molecule has 0 aliphatic carbocycles. The number of hydrogen-bond donors (Lipinski definition) is 3. The maximum atomic E-state index is 11.2. The van der Waals surface area contributed by atoms with E-state index in [0.29, 0.717) is 6.54 Å². The molecule has 0 heterocycles. The lowest BCUT2D eigenvalue weighted by atomic mass is 10.1. The Bertz CT molecular complexity index is 203. The molecule has 4 N–H and O–H groups in total. The van der Waals surface area contributed by atoms with Gasteiger partial charge in [0.2, 0.25) is 0 Å². The number of likely N-dealkylation sites (N-methyl/N-ethyl adjacent to an activating group) is 1. The summed E-state index contributed by atoms with van der Waals surface area (Å²) in [4.78, 5) is 13.1. The minimum atomic E-state index is -0.0243. The minimum absolute atomic E-state index is 0.0192. The van der Waals surface area contributed by atoms with Gasteiger partial charge in [0.15, 0.2) is 5.96 Å². The molecule has 0 fully saturated rings. The number of carbonyl (C=O) groups excluding carboxylic acids is 1. The zero-order valence-corrected chi connectivity index (χ0v) is 9.13. The average Bonchev–Trinajstić information content (AvgIpc) is 2.01. The second kappa shape index (κ2) is 6.37.